The van der Waals surface area contributed by atoms with Crippen LogP contribution < -0.4 is 14.2 Å². The lowest BCUT2D eigenvalue weighted by Crippen LogP contribution is -2.36. The Kier molecular flexibility index (Phi) is 4.34. The highest BCUT2D eigenvalue weighted by Crippen LogP contribution is 2.38. The Morgan fingerprint density at radius 1 is 1.40 bits per heavy atom. The third-order valence-corrected chi connectivity index (χ3v) is 3.25. The number of carbonyl (C=O) groups excluding carboxylic acids is 1. The minimum absolute atomic E-state index is 0.0820. The van der Waals surface area contributed by atoms with Gasteiger partial charge >= 0.3 is 0 Å². The number of carbonyl (C=O) groups is 1. The lowest BCUT2D eigenvalue weighted by atomic mass is 10.2. The molecule has 1 N–H and O–H groups in total. The number of nitrogens with zero attached hydrogens (tertiary/aromatic N) is 1. The van der Waals surface area contributed by atoms with E-state index in [-0.39, 0.29) is 32.0 Å². The molecule has 1 aliphatic heterocycles. The van der Waals surface area contributed by atoms with Crippen LogP contribution in [-0.4, -0.2) is 42.4 Å². The summed E-state index contributed by atoms with van der Waals surface area (Å²) in [6.45, 7) is 3.73. The first-order valence-electron chi connectivity index (χ1n) is 6.44. The number of fused-ring (bicyclic) bond motifs is 1. The fourth-order valence-electron chi connectivity index (χ4n) is 1.75. The van der Waals surface area contributed by atoms with Gasteiger partial charge < -0.3 is 24.2 Å². The van der Waals surface area contributed by atoms with Gasteiger partial charge in [0, 0.05) is 24.7 Å². The number of amides is 1. The van der Waals surface area contributed by atoms with E-state index < -0.39 is 0 Å². The van der Waals surface area contributed by atoms with Gasteiger partial charge in [0.1, 0.15) is 5.75 Å². The molecule has 0 atom stereocenters. The Morgan fingerprint density at radius 3 is 2.65 bits per heavy atom. The van der Waals surface area contributed by atoms with Crippen LogP contribution in [0.4, 0.5) is 0 Å². The molecule has 0 unspecified atom stereocenters. The van der Waals surface area contributed by atoms with Gasteiger partial charge in [0.15, 0.2) is 18.1 Å². The van der Waals surface area contributed by atoms with Crippen molar-refractivity contribution in [2.75, 3.05) is 20.4 Å². The Bertz CT molecular complexity index is 501. The lowest BCUT2D eigenvalue weighted by Gasteiger charge is -2.21. The summed E-state index contributed by atoms with van der Waals surface area (Å²) < 4.78 is 16.0. The summed E-state index contributed by atoms with van der Waals surface area (Å²) >= 11 is 0. The molecule has 110 valence electrons. The van der Waals surface area contributed by atoms with Gasteiger partial charge in [-0.3, -0.25) is 4.79 Å². The summed E-state index contributed by atoms with van der Waals surface area (Å²) in [5.41, 5.74) is 0.564. The molecule has 0 aliphatic carbocycles. The first-order valence-corrected chi connectivity index (χ1v) is 6.44. The largest absolute Gasteiger partial charge is 0.483 e. The van der Waals surface area contributed by atoms with E-state index in [1.165, 1.54) is 0 Å². The molecule has 1 amide bonds. The Hall–Kier alpha value is -1.95. The lowest BCUT2D eigenvalue weighted by molar-refractivity contribution is -0.133. The third kappa shape index (κ3) is 2.96. The van der Waals surface area contributed by atoms with Crippen molar-refractivity contribution < 1.29 is 24.1 Å². The average Bonchev–Trinajstić information content (AvgIpc) is 2.89. The van der Waals surface area contributed by atoms with Crippen molar-refractivity contribution in [3.63, 3.8) is 0 Å². The van der Waals surface area contributed by atoms with Gasteiger partial charge in [0.05, 0.1) is 6.61 Å². The molecule has 1 heterocycles. The SMILES string of the molecule is CC(C)N(C)C(=O)COc1cc2c(cc1CO)OCO2. The summed E-state index contributed by atoms with van der Waals surface area (Å²) in [4.78, 5) is 13.5. The van der Waals surface area contributed by atoms with Gasteiger partial charge in [-0.2, -0.15) is 0 Å². The van der Waals surface area contributed by atoms with Crippen LogP contribution in [0.5, 0.6) is 17.2 Å². The Balaban J connectivity index is 2.08. The number of likely N-dealkylation sites (N-methyl/N-ethyl adjacent to an activating group) is 1. The highest BCUT2D eigenvalue weighted by Gasteiger charge is 2.19. The molecule has 20 heavy (non-hydrogen) atoms. The summed E-state index contributed by atoms with van der Waals surface area (Å²) in [6, 6.07) is 3.41. The summed E-state index contributed by atoms with van der Waals surface area (Å²) in [5, 5.41) is 9.34. The molecule has 0 bridgehead atoms. The second kappa shape index (κ2) is 6.00. The summed E-state index contributed by atoms with van der Waals surface area (Å²) in [5.74, 6) is 1.44. The van der Waals surface area contributed by atoms with Gasteiger partial charge in [-0.15, -0.1) is 0 Å². The predicted molar refractivity (Wildman–Crippen MR) is 71.9 cm³/mol. The van der Waals surface area contributed by atoms with E-state index in [0.717, 1.165) is 0 Å². The standard InChI is InChI=1S/C14H19NO5/c1-9(2)15(3)14(17)7-18-11-5-13-12(19-8-20-13)4-10(11)6-16/h4-5,9,16H,6-8H2,1-3H3. The maximum Gasteiger partial charge on any atom is 0.260 e. The molecule has 0 spiro atoms. The zero-order valence-electron chi connectivity index (χ0n) is 11.9. The quantitative estimate of drug-likeness (QED) is 0.877. The van der Waals surface area contributed by atoms with E-state index in [2.05, 4.69) is 0 Å². The van der Waals surface area contributed by atoms with Crippen LogP contribution in [0.2, 0.25) is 0 Å². The molecule has 6 nitrogen and oxygen atoms in total. The maximum atomic E-state index is 11.9. The molecule has 0 radical (unpaired) electrons. The monoisotopic (exact) mass is 281 g/mol. The van der Waals surface area contributed by atoms with Crippen LogP contribution in [-0.2, 0) is 11.4 Å². The van der Waals surface area contributed by atoms with Crippen LogP contribution in [0.1, 0.15) is 19.4 Å². The van der Waals surface area contributed by atoms with Gasteiger partial charge in [-0.1, -0.05) is 0 Å². The van der Waals surface area contributed by atoms with E-state index >= 15 is 0 Å². The van der Waals surface area contributed by atoms with Crippen molar-refractivity contribution in [1.29, 1.82) is 0 Å². The first-order chi connectivity index (χ1) is 9.52. The second-order valence-corrected chi connectivity index (χ2v) is 4.86. The number of aliphatic hydroxyl groups is 1. The number of hydrogen-bond acceptors (Lipinski definition) is 5. The Morgan fingerprint density at radius 2 is 2.05 bits per heavy atom. The molecule has 1 aliphatic rings. The van der Waals surface area contributed by atoms with E-state index in [0.29, 0.717) is 22.8 Å². The molecule has 2 rings (SSSR count). The van der Waals surface area contributed by atoms with Crippen LogP contribution in [0.15, 0.2) is 12.1 Å². The highest BCUT2D eigenvalue weighted by molar-refractivity contribution is 5.77. The fraction of sp³-hybridized carbons (Fsp3) is 0.500. The highest BCUT2D eigenvalue weighted by atomic mass is 16.7. The molecule has 1 aromatic carbocycles. The second-order valence-electron chi connectivity index (χ2n) is 4.86. The van der Waals surface area contributed by atoms with Gasteiger partial charge in [0.25, 0.3) is 5.91 Å². The number of benzene rings is 1. The molecule has 0 fully saturated rings. The molecule has 1 aromatic rings. The summed E-state index contributed by atoms with van der Waals surface area (Å²) in [6.07, 6.45) is 0. The van der Waals surface area contributed by atoms with Crippen LogP contribution >= 0.6 is 0 Å². The van der Waals surface area contributed by atoms with Gasteiger partial charge in [-0.25, -0.2) is 0 Å². The van der Waals surface area contributed by atoms with Crippen LogP contribution in [0, 0.1) is 0 Å². The summed E-state index contributed by atoms with van der Waals surface area (Å²) in [7, 11) is 1.73. The van der Waals surface area contributed by atoms with Crippen molar-refractivity contribution in [3.8, 4) is 17.2 Å². The van der Waals surface area contributed by atoms with Gasteiger partial charge in [0.2, 0.25) is 6.79 Å². The van der Waals surface area contributed by atoms with Crippen molar-refractivity contribution in [2.24, 2.45) is 0 Å². The molecular formula is C14H19NO5. The van der Waals surface area contributed by atoms with E-state index in [4.69, 9.17) is 14.2 Å². The topological polar surface area (TPSA) is 68.2 Å². The normalized spacial score (nSPS) is 12.7. The first kappa shape index (κ1) is 14.5. The van der Waals surface area contributed by atoms with Crippen molar-refractivity contribution in [3.05, 3.63) is 17.7 Å². The fourth-order valence-corrected chi connectivity index (χ4v) is 1.75. The number of ether oxygens (including phenoxy) is 3. The minimum Gasteiger partial charge on any atom is -0.483 e. The van der Waals surface area contributed by atoms with E-state index in [9.17, 15) is 9.90 Å². The van der Waals surface area contributed by atoms with Gasteiger partial charge in [-0.05, 0) is 19.9 Å². The van der Waals surface area contributed by atoms with Crippen LogP contribution in [0.25, 0.3) is 0 Å². The Labute approximate surface area is 117 Å². The third-order valence-electron chi connectivity index (χ3n) is 3.25. The number of hydrogen-bond donors (Lipinski definition) is 1. The average molecular weight is 281 g/mol. The molecule has 0 saturated carbocycles. The number of aliphatic hydroxyl groups excluding tert-OH is 1. The van der Waals surface area contributed by atoms with Crippen molar-refractivity contribution >= 4 is 5.91 Å². The predicted octanol–water partition coefficient (Wildman–Crippen LogP) is 1.15. The zero-order valence-corrected chi connectivity index (χ0v) is 11.9. The molecule has 6 heteroatoms. The molecule has 0 saturated heterocycles. The van der Waals surface area contributed by atoms with Crippen molar-refractivity contribution in [2.45, 2.75) is 26.5 Å². The van der Waals surface area contributed by atoms with E-state index in [1.807, 2.05) is 13.8 Å². The molecular weight excluding hydrogens is 262 g/mol. The maximum absolute atomic E-state index is 11.9. The molecule has 0 aromatic heterocycles. The van der Waals surface area contributed by atoms with Crippen LogP contribution in [0.3, 0.4) is 0 Å². The number of rotatable bonds is 5. The minimum atomic E-state index is -0.194. The van der Waals surface area contributed by atoms with Crippen molar-refractivity contribution in [1.82, 2.24) is 4.90 Å². The smallest absolute Gasteiger partial charge is 0.260 e. The zero-order chi connectivity index (χ0) is 14.7. The van der Waals surface area contributed by atoms with E-state index in [1.54, 1.807) is 24.1 Å².